The van der Waals surface area contributed by atoms with Crippen molar-refractivity contribution in [3.8, 4) is 6.07 Å². The van der Waals surface area contributed by atoms with E-state index in [-0.39, 0.29) is 18.1 Å². The number of carbonyl (C=O) groups excluding carboxylic acids is 3. The number of Topliss-reactive ketones (excluding diaryl/α,β-unsaturated/α-hetero) is 1. The Morgan fingerprint density at radius 1 is 1.21 bits per heavy atom. The van der Waals surface area contributed by atoms with E-state index in [1.54, 1.807) is 45.0 Å². The van der Waals surface area contributed by atoms with Gasteiger partial charge in [-0.15, -0.1) is 0 Å². The van der Waals surface area contributed by atoms with Crippen LogP contribution in [0, 0.1) is 17.2 Å². The topological polar surface area (TPSA) is 96.7 Å². The van der Waals surface area contributed by atoms with Crippen LogP contribution in [0.2, 0.25) is 0 Å². The smallest absolute Gasteiger partial charge is 0.411 e. The predicted octanol–water partition coefficient (Wildman–Crippen LogP) is 3.25. The lowest BCUT2D eigenvalue weighted by Gasteiger charge is -2.38. The molecule has 1 aromatic rings. The second kappa shape index (κ2) is 9.55. The number of ketones is 1. The Balaban J connectivity index is 1.99. The lowest BCUT2D eigenvalue weighted by Crippen LogP contribution is -2.52. The summed E-state index contributed by atoms with van der Waals surface area (Å²) in [5.74, 6) is -0.446. The predicted molar refractivity (Wildman–Crippen MR) is 106 cm³/mol. The van der Waals surface area contributed by atoms with Crippen LogP contribution in [0.1, 0.15) is 51.2 Å². The quantitative estimate of drug-likeness (QED) is 0.704. The van der Waals surface area contributed by atoms with Crippen molar-refractivity contribution in [3.05, 3.63) is 35.4 Å². The Morgan fingerprint density at radius 3 is 2.41 bits per heavy atom. The van der Waals surface area contributed by atoms with E-state index < -0.39 is 23.7 Å². The van der Waals surface area contributed by atoms with E-state index in [2.05, 4.69) is 6.07 Å². The van der Waals surface area contributed by atoms with Gasteiger partial charge in [-0.25, -0.2) is 9.59 Å². The molecular formula is C22H28N2O5. The summed E-state index contributed by atoms with van der Waals surface area (Å²) >= 11 is 0. The summed E-state index contributed by atoms with van der Waals surface area (Å²) in [5.41, 5.74) is 0.743. The molecule has 0 aromatic heterocycles. The standard InChI is InChI=1S/C22H28N2O5/c1-22(2,3)29-21(27)24-10-9-17(13-19(24)20(26)28-4)12-18(25)11-15-5-7-16(14-23)8-6-15/h5-8,17,19H,9-13H2,1-4H3/t17-,19+/m0/s1. The first kappa shape index (κ1) is 22.4. The number of hydrogen-bond donors (Lipinski definition) is 0. The van der Waals surface area contributed by atoms with Gasteiger partial charge in [0.2, 0.25) is 0 Å². The third-order valence-electron chi connectivity index (χ3n) is 4.81. The summed E-state index contributed by atoms with van der Waals surface area (Å²) in [6.45, 7) is 5.65. The lowest BCUT2D eigenvalue weighted by molar-refractivity contribution is -0.149. The number of rotatable bonds is 5. The summed E-state index contributed by atoms with van der Waals surface area (Å²) in [6, 6.07) is 8.23. The van der Waals surface area contributed by atoms with Gasteiger partial charge in [0.25, 0.3) is 0 Å². The maximum absolute atomic E-state index is 12.5. The molecule has 0 bridgehead atoms. The largest absolute Gasteiger partial charge is 0.467 e. The molecule has 1 heterocycles. The van der Waals surface area contributed by atoms with Crippen molar-refractivity contribution in [2.24, 2.45) is 5.92 Å². The van der Waals surface area contributed by atoms with E-state index in [4.69, 9.17) is 14.7 Å². The molecule has 0 spiro atoms. The fourth-order valence-electron chi connectivity index (χ4n) is 3.44. The number of nitrogens with zero attached hydrogens (tertiary/aromatic N) is 2. The van der Waals surface area contributed by atoms with E-state index in [0.717, 1.165) is 5.56 Å². The highest BCUT2D eigenvalue weighted by atomic mass is 16.6. The van der Waals surface area contributed by atoms with Gasteiger partial charge in [-0.2, -0.15) is 5.26 Å². The summed E-state index contributed by atoms with van der Waals surface area (Å²) in [4.78, 5) is 38.6. The molecule has 1 saturated heterocycles. The van der Waals surface area contributed by atoms with Crippen molar-refractivity contribution < 1.29 is 23.9 Å². The normalized spacial score (nSPS) is 19.2. The van der Waals surface area contributed by atoms with Crippen molar-refractivity contribution in [1.82, 2.24) is 4.90 Å². The number of hydrogen-bond acceptors (Lipinski definition) is 6. The summed E-state index contributed by atoms with van der Waals surface area (Å²) in [5, 5.41) is 8.85. The maximum Gasteiger partial charge on any atom is 0.411 e. The second-order valence-electron chi connectivity index (χ2n) is 8.33. The Kier molecular flexibility index (Phi) is 7.38. The zero-order valence-electron chi connectivity index (χ0n) is 17.4. The second-order valence-corrected chi connectivity index (χ2v) is 8.33. The van der Waals surface area contributed by atoms with Crippen LogP contribution in [0.5, 0.6) is 0 Å². The molecule has 0 unspecified atom stereocenters. The molecule has 7 heteroatoms. The van der Waals surface area contributed by atoms with Crippen molar-refractivity contribution in [3.63, 3.8) is 0 Å². The molecule has 29 heavy (non-hydrogen) atoms. The fourth-order valence-corrected chi connectivity index (χ4v) is 3.44. The zero-order chi connectivity index (χ0) is 21.6. The molecule has 0 aliphatic carbocycles. The number of ether oxygens (including phenoxy) is 2. The van der Waals surface area contributed by atoms with Crippen molar-refractivity contribution in [2.45, 2.75) is 58.1 Å². The molecule has 0 N–H and O–H groups in total. The Labute approximate surface area is 171 Å². The van der Waals surface area contributed by atoms with Crippen LogP contribution < -0.4 is 0 Å². The van der Waals surface area contributed by atoms with Crippen LogP contribution in [0.3, 0.4) is 0 Å². The number of likely N-dealkylation sites (tertiary alicyclic amines) is 1. The van der Waals surface area contributed by atoms with Crippen LogP contribution in [0.25, 0.3) is 0 Å². The van der Waals surface area contributed by atoms with E-state index >= 15 is 0 Å². The van der Waals surface area contributed by atoms with Gasteiger partial charge in [0.05, 0.1) is 18.7 Å². The van der Waals surface area contributed by atoms with Crippen LogP contribution in [0.4, 0.5) is 4.79 Å². The zero-order valence-corrected chi connectivity index (χ0v) is 17.4. The van der Waals surface area contributed by atoms with E-state index in [9.17, 15) is 14.4 Å². The third-order valence-corrected chi connectivity index (χ3v) is 4.81. The van der Waals surface area contributed by atoms with Gasteiger partial charge in [-0.1, -0.05) is 12.1 Å². The average Bonchev–Trinajstić information content (AvgIpc) is 2.66. The highest BCUT2D eigenvalue weighted by molar-refractivity contribution is 5.83. The average molecular weight is 400 g/mol. The molecule has 0 saturated carbocycles. The van der Waals surface area contributed by atoms with Crippen LogP contribution in [0.15, 0.2) is 24.3 Å². The minimum absolute atomic E-state index is 0.0105. The highest BCUT2D eigenvalue weighted by Gasteiger charge is 2.39. The Bertz CT molecular complexity index is 789. The molecule has 1 aliphatic rings. The highest BCUT2D eigenvalue weighted by Crippen LogP contribution is 2.28. The Morgan fingerprint density at radius 2 is 1.86 bits per heavy atom. The molecule has 1 aromatic carbocycles. The van der Waals surface area contributed by atoms with Gasteiger partial charge in [-0.3, -0.25) is 9.69 Å². The SMILES string of the molecule is COC(=O)[C@H]1C[C@H](CC(=O)Cc2ccc(C#N)cc2)CCN1C(=O)OC(C)(C)C. The molecule has 1 amide bonds. The molecule has 2 atom stereocenters. The van der Waals surface area contributed by atoms with Gasteiger partial charge in [-0.05, 0) is 57.2 Å². The number of nitriles is 1. The summed E-state index contributed by atoms with van der Waals surface area (Å²) in [6.07, 6.45) is 1.04. The number of methoxy groups -OCH3 is 1. The summed E-state index contributed by atoms with van der Waals surface area (Å²) < 4.78 is 10.3. The van der Waals surface area contributed by atoms with E-state index in [0.29, 0.717) is 31.4 Å². The minimum atomic E-state index is -0.753. The monoisotopic (exact) mass is 400 g/mol. The summed E-state index contributed by atoms with van der Waals surface area (Å²) in [7, 11) is 1.29. The van der Waals surface area contributed by atoms with Gasteiger partial charge in [0, 0.05) is 19.4 Å². The third kappa shape index (κ3) is 6.60. The molecule has 156 valence electrons. The number of esters is 1. The van der Waals surface area contributed by atoms with Crippen LogP contribution in [-0.4, -0.2) is 48.0 Å². The van der Waals surface area contributed by atoms with E-state index in [1.165, 1.54) is 12.0 Å². The van der Waals surface area contributed by atoms with Crippen LogP contribution in [-0.2, 0) is 25.5 Å². The van der Waals surface area contributed by atoms with Gasteiger partial charge in [0.1, 0.15) is 17.4 Å². The number of piperidine rings is 1. The number of amides is 1. The minimum Gasteiger partial charge on any atom is -0.467 e. The first-order valence-corrected chi connectivity index (χ1v) is 9.71. The van der Waals surface area contributed by atoms with Crippen molar-refractivity contribution in [2.75, 3.05) is 13.7 Å². The van der Waals surface area contributed by atoms with E-state index in [1.807, 2.05) is 0 Å². The lowest BCUT2D eigenvalue weighted by atomic mass is 9.86. The molecule has 1 fully saturated rings. The number of benzene rings is 1. The Hall–Kier alpha value is -2.88. The van der Waals surface area contributed by atoms with Crippen molar-refractivity contribution >= 4 is 17.8 Å². The van der Waals surface area contributed by atoms with Crippen LogP contribution >= 0.6 is 0 Å². The molecule has 2 rings (SSSR count). The maximum atomic E-state index is 12.5. The van der Waals surface area contributed by atoms with Gasteiger partial charge in [0.15, 0.2) is 0 Å². The van der Waals surface area contributed by atoms with Gasteiger partial charge < -0.3 is 9.47 Å². The molecule has 0 radical (unpaired) electrons. The fraction of sp³-hybridized carbons (Fsp3) is 0.545. The number of carbonyl (C=O) groups is 3. The first-order chi connectivity index (χ1) is 13.6. The molecule has 7 nitrogen and oxygen atoms in total. The molecule has 1 aliphatic heterocycles. The molecular weight excluding hydrogens is 372 g/mol. The van der Waals surface area contributed by atoms with Gasteiger partial charge >= 0.3 is 12.1 Å². The van der Waals surface area contributed by atoms with Crippen molar-refractivity contribution in [1.29, 1.82) is 5.26 Å². The first-order valence-electron chi connectivity index (χ1n) is 9.71.